The number of rotatable bonds is 4. The quantitative estimate of drug-likeness (QED) is 0.570. The van der Waals surface area contributed by atoms with Crippen LogP contribution in [-0.4, -0.2) is 18.3 Å². The van der Waals surface area contributed by atoms with Crippen LogP contribution in [0, 0.1) is 10.1 Å². The van der Waals surface area contributed by atoms with Gasteiger partial charge in [0.05, 0.1) is 15.5 Å². The van der Waals surface area contributed by atoms with Crippen LogP contribution in [-0.2, 0) is 10.0 Å². The van der Waals surface area contributed by atoms with Gasteiger partial charge >= 0.3 is 0 Å². The third-order valence-corrected chi connectivity index (χ3v) is 4.58. The van der Waals surface area contributed by atoms with Crippen molar-refractivity contribution in [3.8, 4) is 0 Å². The minimum Gasteiger partial charge on any atom is -0.361 e. The summed E-state index contributed by atoms with van der Waals surface area (Å²) < 4.78 is 27.2. The Balaban J connectivity index is 1.96. The summed E-state index contributed by atoms with van der Waals surface area (Å²) in [5.74, 6) is 0. The standard InChI is InChI=1S/C14H11N3O4S/c18-17(19)10-4-6-11(7-5-10)22(20,21)16-14-3-1-2-13-12(14)8-9-15-13/h1-9,15-16H. The molecular formula is C14H11N3O4S. The first-order valence-corrected chi connectivity index (χ1v) is 7.79. The molecule has 2 N–H and O–H groups in total. The van der Waals surface area contributed by atoms with E-state index in [2.05, 4.69) is 9.71 Å². The van der Waals surface area contributed by atoms with E-state index in [4.69, 9.17) is 0 Å². The van der Waals surface area contributed by atoms with Crippen LogP contribution in [0.1, 0.15) is 0 Å². The van der Waals surface area contributed by atoms with Crippen molar-refractivity contribution in [2.45, 2.75) is 4.90 Å². The minimum atomic E-state index is -3.81. The number of sulfonamides is 1. The van der Waals surface area contributed by atoms with Crippen molar-refractivity contribution >= 4 is 32.3 Å². The molecule has 0 atom stereocenters. The molecular weight excluding hydrogens is 306 g/mol. The number of fused-ring (bicyclic) bond motifs is 1. The molecule has 1 aromatic heterocycles. The lowest BCUT2D eigenvalue weighted by molar-refractivity contribution is -0.384. The lowest BCUT2D eigenvalue weighted by Gasteiger charge is -2.09. The number of non-ortho nitro benzene ring substituents is 1. The van der Waals surface area contributed by atoms with Gasteiger partial charge in [-0.1, -0.05) is 6.07 Å². The third-order valence-electron chi connectivity index (χ3n) is 3.20. The van der Waals surface area contributed by atoms with E-state index < -0.39 is 14.9 Å². The highest BCUT2D eigenvalue weighted by molar-refractivity contribution is 7.92. The SMILES string of the molecule is O=[N+]([O-])c1ccc(S(=O)(=O)Nc2cccc3[nH]ccc23)cc1. The van der Waals surface area contributed by atoms with E-state index in [-0.39, 0.29) is 10.6 Å². The summed E-state index contributed by atoms with van der Waals surface area (Å²) in [4.78, 5) is 13.0. The van der Waals surface area contributed by atoms with Crippen molar-refractivity contribution in [1.82, 2.24) is 4.98 Å². The number of nitrogens with one attached hydrogen (secondary N) is 2. The van der Waals surface area contributed by atoms with Crippen LogP contribution < -0.4 is 4.72 Å². The van der Waals surface area contributed by atoms with Crippen LogP contribution in [0.15, 0.2) is 59.6 Å². The predicted octanol–water partition coefficient (Wildman–Crippen LogP) is 2.88. The van der Waals surface area contributed by atoms with Gasteiger partial charge in [-0.2, -0.15) is 0 Å². The highest BCUT2D eigenvalue weighted by Crippen LogP contribution is 2.25. The number of hydrogen-bond acceptors (Lipinski definition) is 4. The second-order valence-electron chi connectivity index (χ2n) is 4.60. The molecule has 112 valence electrons. The highest BCUT2D eigenvalue weighted by atomic mass is 32.2. The number of hydrogen-bond donors (Lipinski definition) is 2. The van der Waals surface area contributed by atoms with Crippen molar-refractivity contribution < 1.29 is 13.3 Å². The minimum absolute atomic E-state index is 0.0364. The number of anilines is 1. The van der Waals surface area contributed by atoms with E-state index in [0.29, 0.717) is 5.69 Å². The van der Waals surface area contributed by atoms with Gasteiger partial charge in [0.2, 0.25) is 0 Å². The van der Waals surface area contributed by atoms with Crippen LogP contribution in [0.5, 0.6) is 0 Å². The third kappa shape index (κ3) is 2.51. The van der Waals surface area contributed by atoms with Crippen LogP contribution in [0.4, 0.5) is 11.4 Å². The maximum absolute atomic E-state index is 12.4. The van der Waals surface area contributed by atoms with Gasteiger partial charge in [0.15, 0.2) is 0 Å². The lowest BCUT2D eigenvalue weighted by atomic mass is 10.2. The maximum atomic E-state index is 12.4. The largest absolute Gasteiger partial charge is 0.361 e. The van der Waals surface area contributed by atoms with Crippen molar-refractivity contribution in [1.29, 1.82) is 0 Å². The fourth-order valence-corrected chi connectivity index (χ4v) is 3.20. The van der Waals surface area contributed by atoms with Crippen molar-refractivity contribution in [3.05, 3.63) is 64.8 Å². The molecule has 0 amide bonds. The molecule has 0 bridgehead atoms. The van der Waals surface area contributed by atoms with E-state index in [1.807, 2.05) is 6.07 Å². The number of nitro groups is 1. The Morgan fingerprint density at radius 1 is 1.05 bits per heavy atom. The van der Waals surface area contributed by atoms with Gasteiger partial charge in [0, 0.05) is 29.2 Å². The van der Waals surface area contributed by atoms with Crippen LogP contribution in [0.25, 0.3) is 10.9 Å². The van der Waals surface area contributed by atoms with Gasteiger partial charge in [0.25, 0.3) is 15.7 Å². The van der Waals surface area contributed by atoms with Crippen LogP contribution >= 0.6 is 0 Å². The zero-order valence-corrected chi connectivity index (χ0v) is 12.0. The molecule has 1 heterocycles. The topological polar surface area (TPSA) is 105 Å². The average Bonchev–Trinajstić information content (AvgIpc) is 2.96. The number of aromatic amines is 1. The molecule has 0 spiro atoms. The Morgan fingerprint density at radius 2 is 1.77 bits per heavy atom. The summed E-state index contributed by atoms with van der Waals surface area (Å²) in [6, 6.07) is 11.7. The second-order valence-corrected chi connectivity index (χ2v) is 6.28. The number of nitro benzene ring substituents is 1. The molecule has 0 saturated carbocycles. The lowest BCUT2D eigenvalue weighted by Crippen LogP contribution is -2.13. The Kier molecular flexibility index (Phi) is 3.30. The molecule has 3 aromatic rings. The van der Waals surface area contributed by atoms with Gasteiger partial charge in [-0.05, 0) is 30.3 Å². The number of H-pyrrole nitrogens is 1. The first kappa shape index (κ1) is 14.1. The normalized spacial score (nSPS) is 11.5. The van der Waals surface area contributed by atoms with E-state index >= 15 is 0 Å². The van der Waals surface area contributed by atoms with E-state index in [0.717, 1.165) is 23.0 Å². The van der Waals surface area contributed by atoms with Gasteiger partial charge < -0.3 is 4.98 Å². The van der Waals surface area contributed by atoms with Gasteiger partial charge in [-0.15, -0.1) is 0 Å². The number of nitrogens with zero attached hydrogens (tertiary/aromatic N) is 1. The molecule has 0 radical (unpaired) electrons. The molecule has 0 aliphatic heterocycles. The molecule has 0 fully saturated rings. The summed E-state index contributed by atoms with van der Waals surface area (Å²) in [6.07, 6.45) is 1.72. The monoisotopic (exact) mass is 317 g/mol. The summed E-state index contributed by atoms with van der Waals surface area (Å²) >= 11 is 0. The molecule has 0 aliphatic rings. The number of benzene rings is 2. The number of aromatic nitrogens is 1. The first-order chi connectivity index (χ1) is 10.5. The molecule has 8 heteroatoms. The molecule has 2 aromatic carbocycles. The Labute approximate surface area is 125 Å². The van der Waals surface area contributed by atoms with Gasteiger partial charge in [0.1, 0.15) is 0 Å². The Morgan fingerprint density at radius 3 is 2.45 bits per heavy atom. The van der Waals surface area contributed by atoms with Crippen molar-refractivity contribution in [2.24, 2.45) is 0 Å². The van der Waals surface area contributed by atoms with Crippen LogP contribution in [0.3, 0.4) is 0 Å². The van der Waals surface area contributed by atoms with Crippen LogP contribution in [0.2, 0.25) is 0 Å². The fraction of sp³-hybridized carbons (Fsp3) is 0. The highest BCUT2D eigenvalue weighted by Gasteiger charge is 2.17. The zero-order chi connectivity index (χ0) is 15.7. The summed E-state index contributed by atoms with van der Waals surface area (Å²) in [7, 11) is -3.81. The van der Waals surface area contributed by atoms with Gasteiger partial charge in [-0.25, -0.2) is 8.42 Å². The molecule has 3 rings (SSSR count). The maximum Gasteiger partial charge on any atom is 0.269 e. The first-order valence-electron chi connectivity index (χ1n) is 6.31. The van der Waals surface area contributed by atoms with Crippen molar-refractivity contribution in [3.63, 3.8) is 0 Å². The molecule has 22 heavy (non-hydrogen) atoms. The molecule has 7 nitrogen and oxygen atoms in total. The zero-order valence-electron chi connectivity index (χ0n) is 11.2. The van der Waals surface area contributed by atoms with E-state index in [1.165, 1.54) is 12.1 Å². The fourth-order valence-electron chi connectivity index (χ4n) is 2.13. The smallest absolute Gasteiger partial charge is 0.269 e. The summed E-state index contributed by atoms with van der Waals surface area (Å²) in [5.41, 5.74) is 1.09. The van der Waals surface area contributed by atoms with E-state index in [9.17, 15) is 18.5 Å². The Hall–Kier alpha value is -2.87. The molecule has 0 saturated heterocycles. The predicted molar refractivity (Wildman–Crippen MR) is 82.2 cm³/mol. The van der Waals surface area contributed by atoms with Gasteiger partial charge in [-0.3, -0.25) is 14.8 Å². The Bertz CT molecular complexity index is 946. The summed E-state index contributed by atoms with van der Waals surface area (Å²) in [5, 5.41) is 11.4. The summed E-state index contributed by atoms with van der Waals surface area (Å²) in [6.45, 7) is 0. The second kappa shape index (κ2) is 5.15. The molecule has 0 unspecified atom stereocenters. The van der Waals surface area contributed by atoms with Crippen molar-refractivity contribution in [2.75, 3.05) is 4.72 Å². The molecule has 0 aliphatic carbocycles. The van der Waals surface area contributed by atoms with E-state index in [1.54, 1.807) is 24.4 Å². The average molecular weight is 317 g/mol.